The Balaban J connectivity index is 1.40. The lowest BCUT2D eigenvalue weighted by atomic mass is 9.33. The van der Waals surface area contributed by atoms with E-state index in [0.717, 1.165) is 64.2 Å². The fourth-order valence-corrected chi connectivity index (χ4v) is 12.5. The first-order valence-corrected chi connectivity index (χ1v) is 19.2. The van der Waals surface area contributed by atoms with Gasteiger partial charge in [-0.15, -0.1) is 0 Å². The Morgan fingerprint density at radius 2 is 1.53 bits per heavy atom. The number of fused-ring (bicyclic) bond motifs is 7. The van der Waals surface area contributed by atoms with Gasteiger partial charge in [-0.2, -0.15) is 0 Å². The van der Waals surface area contributed by atoms with E-state index in [1.165, 1.54) is 5.57 Å². The van der Waals surface area contributed by atoms with E-state index in [-0.39, 0.29) is 70.2 Å². The summed E-state index contributed by atoms with van der Waals surface area (Å²) in [6.45, 7) is 20.9. The summed E-state index contributed by atoms with van der Waals surface area (Å²) in [5.74, 6) is -0.831. The van der Waals surface area contributed by atoms with Gasteiger partial charge < -0.3 is 20.3 Å². The number of rotatable bonds is 10. The lowest BCUT2D eigenvalue weighted by Crippen LogP contribution is -2.65. The van der Waals surface area contributed by atoms with Gasteiger partial charge in [0, 0.05) is 18.4 Å². The van der Waals surface area contributed by atoms with Gasteiger partial charge in [-0.25, -0.2) is 0 Å². The Hall–Kier alpha value is -2.38. The highest BCUT2D eigenvalue weighted by Gasteiger charge is 2.69. The van der Waals surface area contributed by atoms with Crippen LogP contribution in [0.25, 0.3) is 0 Å². The van der Waals surface area contributed by atoms with Crippen molar-refractivity contribution in [2.24, 2.45) is 55.7 Å². The number of esters is 1. The van der Waals surface area contributed by atoms with E-state index in [1.807, 2.05) is 13.8 Å². The number of carboxylic acids is 2. The number of hydrogen-bond acceptors (Lipinski definition) is 5. The SMILES string of the molecule is CC(C)(CC(=O)O)CC(=O)O[C@H]1CC[C@@]2(C)C(CC[C@]3(C)C2CC=C2C4CC(C)(C)CC[C@]4(C(=O)NCCCC(=O)O)CC[C@]23C)C1(C)C. The summed E-state index contributed by atoms with van der Waals surface area (Å²) in [4.78, 5) is 49.8. The number of carbonyl (C=O) groups is 4. The largest absolute Gasteiger partial charge is 0.481 e. The lowest BCUT2D eigenvalue weighted by molar-refractivity contribution is -0.213. The van der Waals surface area contributed by atoms with Crippen LogP contribution in [0.3, 0.4) is 0 Å². The molecule has 8 heteroatoms. The maximum absolute atomic E-state index is 14.1. The summed E-state index contributed by atoms with van der Waals surface area (Å²) in [5, 5.41) is 21.6. The molecule has 0 bridgehead atoms. The monoisotopic (exact) mass is 683 g/mol. The molecule has 0 aromatic carbocycles. The van der Waals surface area contributed by atoms with Crippen molar-refractivity contribution in [3.05, 3.63) is 11.6 Å². The number of aliphatic carboxylic acids is 2. The molecule has 3 unspecified atom stereocenters. The molecule has 0 spiro atoms. The van der Waals surface area contributed by atoms with Gasteiger partial charge in [-0.1, -0.05) is 74.0 Å². The van der Waals surface area contributed by atoms with E-state index in [9.17, 15) is 24.3 Å². The second-order valence-corrected chi connectivity index (χ2v) is 19.9. The third kappa shape index (κ3) is 6.49. The lowest BCUT2D eigenvalue weighted by Gasteiger charge is -2.71. The molecule has 0 aromatic heterocycles. The Morgan fingerprint density at radius 3 is 2.18 bits per heavy atom. The summed E-state index contributed by atoms with van der Waals surface area (Å²) < 4.78 is 6.23. The van der Waals surface area contributed by atoms with E-state index in [4.69, 9.17) is 9.84 Å². The fourth-order valence-electron chi connectivity index (χ4n) is 12.5. The van der Waals surface area contributed by atoms with Gasteiger partial charge in [0.2, 0.25) is 5.91 Å². The zero-order chi connectivity index (χ0) is 36.4. The molecule has 0 aromatic rings. The first-order valence-electron chi connectivity index (χ1n) is 19.2. The highest BCUT2D eigenvalue weighted by atomic mass is 16.5. The van der Waals surface area contributed by atoms with Crippen molar-refractivity contribution in [1.29, 1.82) is 0 Å². The fraction of sp³-hybridized carbons (Fsp3) is 0.854. The molecule has 0 aliphatic heterocycles. The summed E-state index contributed by atoms with van der Waals surface area (Å²) in [6.07, 6.45) is 12.7. The number of hydrogen-bond donors (Lipinski definition) is 3. The van der Waals surface area contributed by atoms with Crippen LogP contribution in [0.2, 0.25) is 0 Å². The number of ether oxygens (including phenoxy) is 1. The van der Waals surface area contributed by atoms with Crippen molar-refractivity contribution in [3.8, 4) is 0 Å². The standard InChI is InChI=1S/C41H65NO7/c1-35(2)18-20-41(34(48)42-22-10-11-31(43)44)21-19-39(8)26(27(41)23-35)12-13-29-38(7)16-15-30(37(5,6)28(38)14-17-40(29,39)9)49-33(47)25-36(3,4)24-32(45)46/h12,27-30H,10-11,13-25H2,1-9H3,(H,42,48)(H,43,44)(H,45,46)/t27?,28?,29?,30-,38-,39+,40+,41-/m0/s1. The molecule has 3 N–H and O–H groups in total. The van der Waals surface area contributed by atoms with Gasteiger partial charge in [-0.05, 0) is 115 Å². The van der Waals surface area contributed by atoms with Crippen molar-refractivity contribution in [3.63, 3.8) is 0 Å². The average molecular weight is 684 g/mol. The van der Waals surface area contributed by atoms with Crippen LogP contribution in [0.15, 0.2) is 11.6 Å². The van der Waals surface area contributed by atoms with Crippen molar-refractivity contribution < 1.29 is 34.1 Å². The molecule has 0 saturated heterocycles. The minimum absolute atomic E-state index is 0.0156. The molecular weight excluding hydrogens is 618 g/mol. The molecule has 49 heavy (non-hydrogen) atoms. The zero-order valence-corrected chi connectivity index (χ0v) is 31.9. The van der Waals surface area contributed by atoms with Crippen LogP contribution in [0.4, 0.5) is 0 Å². The normalized spacial score (nSPS) is 39.2. The Kier molecular flexibility index (Phi) is 9.80. The van der Waals surface area contributed by atoms with Crippen molar-refractivity contribution in [1.82, 2.24) is 5.32 Å². The second-order valence-electron chi connectivity index (χ2n) is 19.9. The number of carbonyl (C=O) groups excluding carboxylic acids is 2. The first-order chi connectivity index (χ1) is 22.5. The summed E-state index contributed by atoms with van der Waals surface area (Å²) in [6, 6.07) is 0. The highest BCUT2D eigenvalue weighted by molar-refractivity contribution is 5.84. The molecule has 5 aliphatic carbocycles. The minimum Gasteiger partial charge on any atom is -0.481 e. The maximum atomic E-state index is 14.1. The van der Waals surface area contributed by atoms with Crippen molar-refractivity contribution in [2.45, 2.75) is 158 Å². The number of carboxylic acid groups (broad SMARTS) is 2. The first kappa shape index (κ1) is 37.9. The van der Waals surface area contributed by atoms with Crippen LogP contribution in [-0.2, 0) is 23.9 Å². The van der Waals surface area contributed by atoms with Crippen LogP contribution in [0, 0.1) is 55.7 Å². The van der Waals surface area contributed by atoms with Gasteiger partial charge in [-0.3, -0.25) is 19.2 Å². The molecule has 0 radical (unpaired) electrons. The number of allylic oxidation sites excluding steroid dienone is 2. The van der Waals surface area contributed by atoms with E-state index in [1.54, 1.807) is 0 Å². The molecule has 8 nitrogen and oxygen atoms in total. The summed E-state index contributed by atoms with van der Waals surface area (Å²) >= 11 is 0. The molecule has 0 heterocycles. The molecule has 5 aliphatic rings. The third-order valence-corrected chi connectivity index (χ3v) is 15.4. The smallest absolute Gasteiger partial charge is 0.306 e. The van der Waals surface area contributed by atoms with Crippen LogP contribution in [-0.4, -0.2) is 46.7 Å². The number of nitrogens with one attached hydrogen (secondary N) is 1. The molecule has 1 amide bonds. The van der Waals surface area contributed by atoms with Gasteiger partial charge in [0.05, 0.1) is 18.3 Å². The maximum Gasteiger partial charge on any atom is 0.306 e. The summed E-state index contributed by atoms with van der Waals surface area (Å²) in [5.41, 5.74) is 0.509. The average Bonchev–Trinajstić information content (AvgIpc) is 2.95. The summed E-state index contributed by atoms with van der Waals surface area (Å²) in [7, 11) is 0. The Bertz CT molecular complexity index is 1380. The molecule has 8 atom stereocenters. The van der Waals surface area contributed by atoms with Crippen LogP contribution < -0.4 is 5.32 Å². The van der Waals surface area contributed by atoms with Gasteiger partial charge in [0.25, 0.3) is 0 Å². The van der Waals surface area contributed by atoms with Gasteiger partial charge in [0.15, 0.2) is 0 Å². The van der Waals surface area contributed by atoms with Gasteiger partial charge in [0.1, 0.15) is 6.10 Å². The van der Waals surface area contributed by atoms with E-state index < -0.39 is 22.8 Å². The van der Waals surface area contributed by atoms with Crippen LogP contribution in [0.1, 0.15) is 152 Å². The molecule has 4 saturated carbocycles. The Labute approximate surface area is 295 Å². The van der Waals surface area contributed by atoms with Crippen LogP contribution >= 0.6 is 0 Å². The molecular formula is C41H65NO7. The predicted molar refractivity (Wildman–Crippen MR) is 189 cm³/mol. The van der Waals surface area contributed by atoms with Crippen LogP contribution in [0.5, 0.6) is 0 Å². The van der Waals surface area contributed by atoms with Gasteiger partial charge >= 0.3 is 17.9 Å². The molecule has 4 fully saturated rings. The van der Waals surface area contributed by atoms with Crippen molar-refractivity contribution >= 4 is 23.8 Å². The number of amides is 1. The zero-order valence-electron chi connectivity index (χ0n) is 31.9. The minimum atomic E-state index is -0.901. The quantitative estimate of drug-likeness (QED) is 0.119. The molecule has 5 rings (SSSR count). The topological polar surface area (TPSA) is 130 Å². The third-order valence-electron chi connectivity index (χ3n) is 15.4. The molecule has 276 valence electrons. The second kappa shape index (κ2) is 12.7. The predicted octanol–water partition coefficient (Wildman–Crippen LogP) is 8.57. The highest BCUT2D eigenvalue weighted by Crippen LogP contribution is 2.76. The van der Waals surface area contributed by atoms with E-state index >= 15 is 0 Å². The van der Waals surface area contributed by atoms with Crippen molar-refractivity contribution in [2.75, 3.05) is 6.54 Å². The van der Waals surface area contributed by atoms with E-state index in [0.29, 0.717) is 24.8 Å². The van der Waals surface area contributed by atoms with E-state index in [2.05, 4.69) is 59.9 Å². The Morgan fingerprint density at radius 1 is 0.857 bits per heavy atom.